The molecule has 0 saturated carbocycles. The largest absolute Gasteiger partial charge is 0.378 e. The standard InChI is InChI=1S/C23H32N6O3S/c1-28-12-13-32-15-23(28)8-10-29(11-9-23)33(30,31)22-25-21(26-27-22)24-20-18-6-2-4-16(18)14-17-5-3-7-19(17)20/h14H,2-13,15H2,1H3,(H2,24,25,26,27). The first-order valence-corrected chi connectivity index (χ1v) is 13.6. The van der Waals surface area contributed by atoms with Crippen molar-refractivity contribution in [3.8, 4) is 0 Å². The number of rotatable bonds is 4. The number of hydrogen-bond donors (Lipinski definition) is 2. The Kier molecular flexibility index (Phi) is 5.24. The van der Waals surface area contributed by atoms with Crippen molar-refractivity contribution in [3.63, 3.8) is 0 Å². The molecule has 1 spiro atoms. The Morgan fingerprint density at radius 2 is 1.73 bits per heavy atom. The lowest BCUT2D eigenvalue weighted by atomic mass is 9.87. The van der Waals surface area contributed by atoms with Crippen molar-refractivity contribution in [3.05, 3.63) is 28.3 Å². The van der Waals surface area contributed by atoms with Crippen molar-refractivity contribution >= 4 is 21.7 Å². The van der Waals surface area contributed by atoms with Crippen LogP contribution in [0.25, 0.3) is 0 Å². The van der Waals surface area contributed by atoms with E-state index in [0.717, 1.165) is 57.4 Å². The van der Waals surface area contributed by atoms with Gasteiger partial charge in [0.25, 0.3) is 15.2 Å². The molecule has 3 heterocycles. The molecule has 33 heavy (non-hydrogen) atoms. The van der Waals surface area contributed by atoms with Gasteiger partial charge >= 0.3 is 0 Å². The highest BCUT2D eigenvalue weighted by Crippen LogP contribution is 2.39. The number of piperidine rings is 1. The fraction of sp³-hybridized carbons (Fsp3) is 0.652. The number of morpholine rings is 1. The zero-order valence-electron chi connectivity index (χ0n) is 19.2. The fourth-order valence-corrected chi connectivity index (χ4v) is 7.38. The van der Waals surface area contributed by atoms with Crippen molar-refractivity contribution in [2.75, 3.05) is 45.2 Å². The van der Waals surface area contributed by atoms with E-state index in [4.69, 9.17) is 4.74 Å². The monoisotopic (exact) mass is 472 g/mol. The van der Waals surface area contributed by atoms with Crippen molar-refractivity contribution in [2.24, 2.45) is 0 Å². The third kappa shape index (κ3) is 3.58. The average molecular weight is 473 g/mol. The summed E-state index contributed by atoms with van der Waals surface area (Å²) in [6.45, 7) is 3.20. The lowest BCUT2D eigenvalue weighted by molar-refractivity contribution is -0.0761. The van der Waals surface area contributed by atoms with Crippen LogP contribution in [-0.2, 0) is 40.4 Å². The van der Waals surface area contributed by atoms with Gasteiger partial charge in [-0.1, -0.05) is 6.07 Å². The molecule has 0 amide bonds. The number of H-pyrrole nitrogens is 1. The molecule has 10 heteroatoms. The van der Waals surface area contributed by atoms with Crippen LogP contribution in [0.4, 0.5) is 11.6 Å². The molecule has 0 radical (unpaired) electrons. The van der Waals surface area contributed by atoms with E-state index >= 15 is 0 Å². The molecule has 2 aromatic rings. The molecule has 178 valence electrons. The second kappa shape index (κ2) is 8.04. The molecule has 0 unspecified atom stereocenters. The number of aryl methyl sites for hydroxylation is 2. The van der Waals surface area contributed by atoms with E-state index < -0.39 is 10.0 Å². The molecule has 2 fully saturated rings. The third-order valence-corrected chi connectivity index (χ3v) is 9.89. The fourth-order valence-electron chi connectivity index (χ4n) is 6.11. The Morgan fingerprint density at radius 1 is 1.03 bits per heavy atom. The number of fused-ring (bicyclic) bond motifs is 2. The van der Waals surface area contributed by atoms with E-state index in [1.807, 2.05) is 0 Å². The van der Waals surface area contributed by atoms with Crippen LogP contribution in [0.3, 0.4) is 0 Å². The second-order valence-electron chi connectivity index (χ2n) is 9.94. The first-order valence-electron chi connectivity index (χ1n) is 12.1. The molecule has 0 atom stereocenters. The Labute approximate surface area is 195 Å². The minimum absolute atomic E-state index is 0.0630. The molecule has 2 saturated heterocycles. The topological polar surface area (TPSA) is 103 Å². The minimum Gasteiger partial charge on any atom is -0.378 e. The highest BCUT2D eigenvalue weighted by Gasteiger charge is 2.43. The summed E-state index contributed by atoms with van der Waals surface area (Å²) < 4.78 is 33.8. The number of hydrogen-bond acceptors (Lipinski definition) is 7. The maximum Gasteiger partial charge on any atom is 0.278 e. The number of sulfonamides is 1. The number of aromatic nitrogens is 3. The van der Waals surface area contributed by atoms with Gasteiger partial charge in [-0.15, -0.1) is 10.2 Å². The van der Waals surface area contributed by atoms with E-state index in [-0.39, 0.29) is 10.7 Å². The normalized spacial score (nSPS) is 23.1. The second-order valence-corrected chi connectivity index (χ2v) is 11.8. The maximum absolute atomic E-state index is 13.3. The molecule has 4 aliphatic rings. The summed E-state index contributed by atoms with van der Waals surface area (Å²) >= 11 is 0. The first-order chi connectivity index (χ1) is 16.0. The van der Waals surface area contributed by atoms with Gasteiger partial charge in [-0.05, 0) is 80.7 Å². The summed E-state index contributed by atoms with van der Waals surface area (Å²) in [6, 6.07) is 2.38. The summed E-state index contributed by atoms with van der Waals surface area (Å²) in [4.78, 5) is 5.29. The van der Waals surface area contributed by atoms with Gasteiger partial charge in [0.1, 0.15) is 0 Å². The van der Waals surface area contributed by atoms with Crippen LogP contribution in [0.15, 0.2) is 11.2 Å². The average Bonchev–Trinajstić information content (AvgIpc) is 3.57. The van der Waals surface area contributed by atoms with Crippen molar-refractivity contribution in [2.45, 2.75) is 62.1 Å². The van der Waals surface area contributed by atoms with Gasteiger partial charge in [0.05, 0.1) is 13.2 Å². The van der Waals surface area contributed by atoms with Crippen molar-refractivity contribution in [1.82, 2.24) is 24.4 Å². The predicted molar refractivity (Wildman–Crippen MR) is 124 cm³/mol. The molecule has 2 aliphatic carbocycles. The Morgan fingerprint density at radius 3 is 2.39 bits per heavy atom. The number of aromatic amines is 1. The van der Waals surface area contributed by atoms with Crippen LogP contribution in [0.2, 0.25) is 0 Å². The summed E-state index contributed by atoms with van der Waals surface area (Å²) in [6.07, 6.45) is 8.18. The van der Waals surface area contributed by atoms with Crippen LogP contribution in [0.5, 0.6) is 0 Å². The zero-order chi connectivity index (χ0) is 22.6. The Bertz CT molecular complexity index is 1140. The van der Waals surface area contributed by atoms with E-state index in [1.165, 1.54) is 39.4 Å². The Balaban J connectivity index is 1.21. The number of nitrogens with zero attached hydrogens (tertiary/aromatic N) is 4. The van der Waals surface area contributed by atoms with E-state index in [2.05, 4.69) is 38.5 Å². The van der Waals surface area contributed by atoms with Gasteiger partial charge in [-0.2, -0.15) is 4.31 Å². The van der Waals surface area contributed by atoms with Crippen LogP contribution in [-0.4, -0.2) is 78.2 Å². The number of anilines is 2. The lowest BCUT2D eigenvalue weighted by Crippen LogP contribution is -2.60. The molecular formula is C23H32N6O3S. The van der Waals surface area contributed by atoms with Crippen LogP contribution >= 0.6 is 0 Å². The zero-order valence-corrected chi connectivity index (χ0v) is 20.0. The van der Waals surface area contributed by atoms with E-state index in [1.54, 1.807) is 0 Å². The molecule has 0 bridgehead atoms. The molecule has 1 aromatic heterocycles. The molecule has 2 N–H and O–H groups in total. The summed E-state index contributed by atoms with van der Waals surface area (Å²) in [5.41, 5.74) is 6.62. The van der Waals surface area contributed by atoms with Crippen LogP contribution in [0, 0.1) is 0 Å². The van der Waals surface area contributed by atoms with E-state index in [9.17, 15) is 8.42 Å². The smallest absolute Gasteiger partial charge is 0.278 e. The van der Waals surface area contributed by atoms with Crippen LogP contribution in [0.1, 0.15) is 47.9 Å². The SMILES string of the molecule is CN1CCOCC12CCN(S(=O)(=O)c1nnc(Nc3c4c(cc5c3CCC5)CCC4)[nH]1)CC2. The van der Waals surface area contributed by atoms with Gasteiger partial charge in [0.15, 0.2) is 0 Å². The lowest BCUT2D eigenvalue weighted by Gasteiger charge is -2.49. The van der Waals surface area contributed by atoms with E-state index in [0.29, 0.717) is 25.6 Å². The van der Waals surface area contributed by atoms with Gasteiger partial charge in [-0.25, -0.2) is 8.42 Å². The van der Waals surface area contributed by atoms with Gasteiger partial charge in [0, 0.05) is 30.9 Å². The summed E-state index contributed by atoms with van der Waals surface area (Å²) in [5, 5.41) is 11.5. The van der Waals surface area contributed by atoms with Gasteiger partial charge < -0.3 is 10.1 Å². The minimum atomic E-state index is -3.72. The number of ether oxygens (including phenoxy) is 1. The molecule has 1 aromatic carbocycles. The molecule has 6 rings (SSSR count). The van der Waals surface area contributed by atoms with Gasteiger partial charge in [0.2, 0.25) is 5.95 Å². The predicted octanol–water partition coefficient (Wildman–Crippen LogP) is 2.01. The van der Waals surface area contributed by atoms with Crippen LogP contribution < -0.4 is 5.32 Å². The number of benzene rings is 1. The molecule has 9 nitrogen and oxygen atoms in total. The summed E-state index contributed by atoms with van der Waals surface area (Å²) in [7, 11) is -1.62. The highest BCUT2D eigenvalue weighted by atomic mass is 32.2. The maximum atomic E-state index is 13.3. The quantitative estimate of drug-likeness (QED) is 0.702. The third-order valence-electron chi connectivity index (χ3n) is 8.17. The molecular weight excluding hydrogens is 440 g/mol. The van der Waals surface area contributed by atoms with Crippen molar-refractivity contribution in [1.29, 1.82) is 0 Å². The summed E-state index contributed by atoms with van der Waals surface area (Å²) in [5.74, 6) is 0.400. The molecule has 2 aliphatic heterocycles. The number of likely N-dealkylation sites (N-methyl/N-ethyl adjacent to an activating group) is 1. The number of nitrogens with one attached hydrogen (secondary N) is 2. The Hall–Kier alpha value is -2.01. The van der Waals surface area contributed by atoms with Gasteiger partial charge in [-0.3, -0.25) is 9.88 Å². The van der Waals surface area contributed by atoms with Crippen molar-refractivity contribution < 1.29 is 13.2 Å². The first kappa shape index (κ1) is 21.5. The highest BCUT2D eigenvalue weighted by molar-refractivity contribution is 7.88.